The van der Waals surface area contributed by atoms with E-state index in [4.69, 9.17) is 4.98 Å². The van der Waals surface area contributed by atoms with Crippen molar-refractivity contribution in [3.05, 3.63) is 77.0 Å². The van der Waals surface area contributed by atoms with Crippen LogP contribution >= 0.6 is 0 Å². The molecule has 0 aliphatic carbocycles. The highest BCUT2D eigenvalue weighted by Gasteiger charge is 2.30. The Hall–Kier alpha value is -3.74. The van der Waals surface area contributed by atoms with Gasteiger partial charge in [0.1, 0.15) is 12.4 Å². The predicted octanol–water partition coefficient (Wildman–Crippen LogP) is 4.53. The quantitative estimate of drug-likeness (QED) is 0.620. The molecule has 0 N–H and O–H groups in total. The molecule has 3 aromatic rings. The van der Waals surface area contributed by atoms with Gasteiger partial charge in [-0.2, -0.15) is 5.11 Å². The van der Waals surface area contributed by atoms with Gasteiger partial charge in [0.2, 0.25) is 5.91 Å². The Morgan fingerprint density at radius 2 is 1.87 bits per heavy atom. The molecule has 154 valence electrons. The maximum absolute atomic E-state index is 12.7. The highest BCUT2D eigenvalue weighted by Crippen LogP contribution is 2.32. The average molecular weight is 410 g/mol. The number of fused-ring (bicyclic) bond motifs is 1. The maximum atomic E-state index is 12.7. The van der Waals surface area contributed by atoms with Crippen molar-refractivity contribution in [2.24, 2.45) is 15.4 Å². The van der Waals surface area contributed by atoms with Gasteiger partial charge in [-0.25, -0.2) is 9.97 Å². The van der Waals surface area contributed by atoms with Gasteiger partial charge in [-0.3, -0.25) is 9.69 Å². The third-order valence-electron chi connectivity index (χ3n) is 5.64. The Kier molecular flexibility index (Phi) is 4.86. The third-order valence-corrected chi connectivity index (χ3v) is 5.64. The van der Waals surface area contributed by atoms with Crippen molar-refractivity contribution in [1.82, 2.24) is 9.97 Å². The molecule has 3 heterocycles. The van der Waals surface area contributed by atoms with Crippen molar-refractivity contribution in [3.8, 4) is 11.4 Å². The van der Waals surface area contributed by atoms with E-state index in [1.165, 1.54) is 5.56 Å². The Bertz CT molecular complexity index is 1210. The number of benzene rings is 2. The van der Waals surface area contributed by atoms with Gasteiger partial charge in [0, 0.05) is 17.3 Å². The molecule has 2 aromatic carbocycles. The van der Waals surface area contributed by atoms with E-state index in [0.29, 0.717) is 37.1 Å². The van der Waals surface area contributed by atoms with Crippen molar-refractivity contribution in [2.75, 3.05) is 11.4 Å². The SMILES string of the molecule is CC(C)c1ccccc1-c1ncc2c(n1)N(Cc1ccc(C3=NN=NC3)cc1)C(=O)C2. The second-order valence-electron chi connectivity index (χ2n) is 8.07. The summed E-state index contributed by atoms with van der Waals surface area (Å²) in [7, 11) is 0. The van der Waals surface area contributed by atoms with E-state index >= 15 is 0 Å². The molecule has 0 spiro atoms. The lowest BCUT2D eigenvalue weighted by Crippen LogP contribution is -2.26. The number of anilines is 1. The number of amides is 1. The summed E-state index contributed by atoms with van der Waals surface area (Å²) in [6, 6.07) is 16.2. The van der Waals surface area contributed by atoms with Crippen LogP contribution in [0, 0.1) is 0 Å². The maximum Gasteiger partial charge on any atom is 0.233 e. The number of hydrogen-bond donors (Lipinski definition) is 0. The molecule has 31 heavy (non-hydrogen) atoms. The van der Waals surface area contributed by atoms with E-state index in [1.807, 2.05) is 42.5 Å². The normalized spacial score (nSPS) is 15.0. The van der Waals surface area contributed by atoms with Gasteiger partial charge in [-0.1, -0.05) is 62.4 Å². The topological polar surface area (TPSA) is 83.2 Å². The lowest BCUT2D eigenvalue weighted by atomic mass is 9.97. The first-order chi connectivity index (χ1) is 15.1. The Balaban J connectivity index is 1.44. The van der Waals surface area contributed by atoms with Gasteiger partial charge in [-0.15, -0.1) is 5.10 Å². The van der Waals surface area contributed by atoms with Gasteiger partial charge < -0.3 is 0 Å². The summed E-state index contributed by atoms with van der Waals surface area (Å²) in [4.78, 5) is 23.9. The predicted molar refractivity (Wildman–Crippen MR) is 119 cm³/mol. The van der Waals surface area contributed by atoms with Gasteiger partial charge in [0.25, 0.3) is 0 Å². The van der Waals surface area contributed by atoms with Crippen LogP contribution in [0.3, 0.4) is 0 Å². The fourth-order valence-electron chi connectivity index (χ4n) is 3.98. The third kappa shape index (κ3) is 3.63. The first-order valence-electron chi connectivity index (χ1n) is 10.4. The molecule has 7 nitrogen and oxygen atoms in total. The van der Waals surface area contributed by atoms with E-state index in [-0.39, 0.29) is 5.91 Å². The molecule has 2 aliphatic heterocycles. The molecular formula is C24H22N6O. The van der Waals surface area contributed by atoms with Gasteiger partial charge in [0.05, 0.1) is 18.7 Å². The van der Waals surface area contributed by atoms with E-state index in [0.717, 1.165) is 28.0 Å². The molecule has 0 fully saturated rings. The second kappa shape index (κ2) is 7.83. The van der Waals surface area contributed by atoms with E-state index in [1.54, 1.807) is 11.1 Å². The Morgan fingerprint density at radius 1 is 1.06 bits per heavy atom. The second-order valence-corrected chi connectivity index (χ2v) is 8.07. The zero-order chi connectivity index (χ0) is 21.4. The largest absolute Gasteiger partial charge is 0.292 e. The van der Waals surface area contributed by atoms with Gasteiger partial charge >= 0.3 is 0 Å². The molecule has 0 atom stereocenters. The molecule has 0 saturated heterocycles. The molecule has 7 heteroatoms. The fourth-order valence-corrected chi connectivity index (χ4v) is 3.98. The van der Waals surface area contributed by atoms with Crippen LogP contribution in [-0.4, -0.2) is 28.1 Å². The van der Waals surface area contributed by atoms with Crippen LogP contribution in [0.5, 0.6) is 0 Å². The summed E-state index contributed by atoms with van der Waals surface area (Å²) >= 11 is 0. The molecule has 0 radical (unpaired) electrons. The molecule has 0 bridgehead atoms. The molecule has 5 rings (SSSR count). The average Bonchev–Trinajstić information content (AvgIpc) is 3.43. The summed E-state index contributed by atoms with van der Waals surface area (Å²) in [5.74, 6) is 1.76. The van der Waals surface area contributed by atoms with Crippen molar-refractivity contribution in [3.63, 3.8) is 0 Å². The minimum absolute atomic E-state index is 0.0421. The zero-order valence-corrected chi connectivity index (χ0v) is 17.5. The first kappa shape index (κ1) is 19.2. The first-order valence-corrected chi connectivity index (χ1v) is 10.4. The van der Waals surface area contributed by atoms with Gasteiger partial charge in [-0.05, 0) is 27.8 Å². The monoisotopic (exact) mass is 410 g/mol. The Labute approximate surface area is 180 Å². The molecule has 1 amide bonds. The summed E-state index contributed by atoms with van der Waals surface area (Å²) in [5.41, 5.74) is 5.96. The molecule has 2 aliphatic rings. The highest BCUT2D eigenvalue weighted by atomic mass is 16.2. The van der Waals surface area contributed by atoms with Crippen molar-refractivity contribution < 1.29 is 4.79 Å². The van der Waals surface area contributed by atoms with Crippen LogP contribution in [0.4, 0.5) is 5.82 Å². The minimum atomic E-state index is 0.0421. The number of carbonyl (C=O) groups excluding carboxylic acids is 1. The van der Waals surface area contributed by atoms with Crippen molar-refractivity contribution in [2.45, 2.75) is 32.7 Å². The minimum Gasteiger partial charge on any atom is -0.292 e. The number of rotatable bonds is 5. The number of carbonyl (C=O) groups is 1. The fraction of sp³-hybridized carbons (Fsp3) is 0.250. The standard InChI is InChI=1S/C24H22N6O/c1-15(2)19-5-3-4-6-20(19)23-25-12-18-11-22(31)30(24(18)27-23)14-16-7-9-17(10-8-16)21-13-26-29-28-21/h3-10,12,15H,11,13-14H2,1-2H3. The lowest BCUT2D eigenvalue weighted by molar-refractivity contribution is -0.117. The molecular weight excluding hydrogens is 388 g/mol. The van der Waals surface area contributed by atoms with Crippen molar-refractivity contribution >= 4 is 17.4 Å². The summed E-state index contributed by atoms with van der Waals surface area (Å²) in [6.07, 6.45) is 2.13. The summed E-state index contributed by atoms with van der Waals surface area (Å²) in [5, 5.41) is 11.6. The van der Waals surface area contributed by atoms with E-state index in [2.05, 4.69) is 40.3 Å². The van der Waals surface area contributed by atoms with Crippen LogP contribution in [-0.2, 0) is 17.8 Å². The molecule has 1 aromatic heterocycles. The Morgan fingerprint density at radius 3 is 2.61 bits per heavy atom. The van der Waals surface area contributed by atoms with Crippen LogP contribution in [0.1, 0.15) is 42.0 Å². The number of hydrogen-bond acceptors (Lipinski definition) is 6. The summed E-state index contributed by atoms with van der Waals surface area (Å²) < 4.78 is 0. The van der Waals surface area contributed by atoms with Crippen molar-refractivity contribution in [1.29, 1.82) is 0 Å². The smallest absolute Gasteiger partial charge is 0.233 e. The van der Waals surface area contributed by atoms with E-state index < -0.39 is 0 Å². The molecule has 0 unspecified atom stereocenters. The van der Waals surface area contributed by atoms with Gasteiger partial charge in [0.15, 0.2) is 5.82 Å². The van der Waals surface area contributed by atoms with Crippen LogP contribution in [0.15, 0.2) is 70.2 Å². The summed E-state index contributed by atoms with van der Waals surface area (Å²) in [6.45, 7) is 5.29. The zero-order valence-electron chi connectivity index (χ0n) is 17.5. The van der Waals surface area contributed by atoms with Crippen LogP contribution in [0.25, 0.3) is 11.4 Å². The number of nitrogens with zero attached hydrogens (tertiary/aromatic N) is 6. The molecule has 0 saturated carbocycles. The van der Waals surface area contributed by atoms with Crippen LogP contribution < -0.4 is 4.90 Å². The van der Waals surface area contributed by atoms with Crippen LogP contribution in [0.2, 0.25) is 0 Å². The number of aromatic nitrogens is 2. The lowest BCUT2D eigenvalue weighted by Gasteiger charge is -2.18. The van der Waals surface area contributed by atoms with E-state index in [9.17, 15) is 4.79 Å². The highest BCUT2D eigenvalue weighted by molar-refractivity contribution is 6.03.